The number of rotatable bonds is 5. The summed E-state index contributed by atoms with van der Waals surface area (Å²) in [4.78, 5) is 23.8. The molecule has 0 aromatic heterocycles. The summed E-state index contributed by atoms with van der Waals surface area (Å²) in [5.41, 5.74) is 11.6. The van der Waals surface area contributed by atoms with Crippen LogP contribution in [0.25, 0.3) is 0 Å². The number of amides is 2. The fourth-order valence-corrected chi connectivity index (χ4v) is 1.58. The Kier molecular flexibility index (Phi) is 4.94. The van der Waals surface area contributed by atoms with E-state index in [1.807, 2.05) is 0 Å². The van der Waals surface area contributed by atoms with E-state index in [0.717, 1.165) is 0 Å². The minimum absolute atomic E-state index is 0.0174. The van der Waals surface area contributed by atoms with Crippen LogP contribution in [0, 0.1) is 0 Å². The number of nitrogens with two attached hydrogens (primary N) is 2. The average molecular weight is 271 g/mol. The molecule has 18 heavy (non-hydrogen) atoms. The Morgan fingerprint density at radius 3 is 2.61 bits per heavy atom. The van der Waals surface area contributed by atoms with Crippen LogP contribution < -0.4 is 16.8 Å². The lowest BCUT2D eigenvalue weighted by Gasteiger charge is -2.14. The largest absolute Gasteiger partial charge is 0.397 e. The van der Waals surface area contributed by atoms with E-state index in [2.05, 4.69) is 5.32 Å². The second-order valence-electron chi connectivity index (χ2n) is 3.92. The molecule has 0 saturated heterocycles. The monoisotopic (exact) mass is 270 g/mol. The van der Waals surface area contributed by atoms with E-state index in [-0.39, 0.29) is 19.0 Å². The van der Waals surface area contributed by atoms with Gasteiger partial charge in [-0.05, 0) is 25.2 Å². The van der Waals surface area contributed by atoms with Crippen molar-refractivity contribution in [1.82, 2.24) is 4.90 Å². The lowest BCUT2D eigenvalue weighted by molar-refractivity contribution is -0.120. The summed E-state index contributed by atoms with van der Waals surface area (Å²) >= 11 is 5.74. The van der Waals surface area contributed by atoms with Crippen molar-refractivity contribution in [2.45, 2.75) is 0 Å². The number of anilines is 2. The third-order valence-corrected chi connectivity index (χ3v) is 2.36. The number of benzene rings is 1. The molecule has 5 N–H and O–H groups in total. The molecular weight excluding hydrogens is 256 g/mol. The predicted octanol–water partition coefficient (Wildman–Crippen LogP) is 0.278. The number of halogens is 1. The predicted molar refractivity (Wildman–Crippen MR) is 71.2 cm³/mol. The Balaban J connectivity index is 2.56. The highest BCUT2D eigenvalue weighted by Crippen LogP contribution is 2.22. The number of hydrogen-bond donors (Lipinski definition) is 3. The zero-order chi connectivity index (χ0) is 13.7. The molecule has 7 heteroatoms. The summed E-state index contributed by atoms with van der Waals surface area (Å²) in [6.07, 6.45) is 0. The highest BCUT2D eigenvalue weighted by Gasteiger charge is 2.10. The Morgan fingerprint density at radius 2 is 2.06 bits per heavy atom. The van der Waals surface area contributed by atoms with E-state index in [1.54, 1.807) is 25.2 Å². The van der Waals surface area contributed by atoms with Gasteiger partial charge in [-0.15, -0.1) is 0 Å². The summed E-state index contributed by atoms with van der Waals surface area (Å²) in [5, 5.41) is 3.12. The molecule has 0 bridgehead atoms. The molecule has 0 aliphatic carbocycles. The number of nitrogens with zero attached hydrogens (tertiary/aromatic N) is 1. The van der Waals surface area contributed by atoms with Crippen molar-refractivity contribution in [3.05, 3.63) is 23.2 Å². The molecule has 0 spiro atoms. The van der Waals surface area contributed by atoms with Crippen molar-refractivity contribution in [2.24, 2.45) is 5.73 Å². The van der Waals surface area contributed by atoms with Crippen molar-refractivity contribution in [1.29, 1.82) is 0 Å². The molecular formula is C11H15ClN4O2. The van der Waals surface area contributed by atoms with E-state index >= 15 is 0 Å². The van der Waals surface area contributed by atoms with Gasteiger partial charge in [0.15, 0.2) is 0 Å². The van der Waals surface area contributed by atoms with Crippen LogP contribution in [0.2, 0.25) is 5.02 Å². The van der Waals surface area contributed by atoms with Crippen LogP contribution in [0.1, 0.15) is 0 Å². The number of nitrogens with one attached hydrogen (secondary N) is 1. The first-order valence-corrected chi connectivity index (χ1v) is 5.58. The fourth-order valence-electron chi connectivity index (χ4n) is 1.40. The van der Waals surface area contributed by atoms with Crippen LogP contribution >= 0.6 is 11.6 Å². The SMILES string of the molecule is CN(CC(N)=O)CC(=O)Nc1ccc(Cl)cc1N. The first-order chi connectivity index (χ1) is 8.38. The second-order valence-corrected chi connectivity index (χ2v) is 4.35. The maximum atomic E-state index is 11.6. The summed E-state index contributed by atoms with van der Waals surface area (Å²) in [6.45, 7) is 0.0640. The maximum absolute atomic E-state index is 11.6. The third-order valence-electron chi connectivity index (χ3n) is 2.13. The molecule has 0 fully saturated rings. The summed E-state index contributed by atoms with van der Waals surface area (Å²) in [7, 11) is 1.62. The Bertz CT molecular complexity index is 464. The van der Waals surface area contributed by atoms with Crippen LogP contribution in [-0.2, 0) is 9.59 Å². The van der Waals surface area contributed by atoms with Gasteiger partial charge in [0.1, 0.15) is 0 Å². The fraction of sp³-hybridized carbons (Fsp3) is 0.273. The van der Waals surface area contributed by atoms with Crippen molar-refractivity contribution in [3.63, 3.8) is 0 Å². The summed E-state index contributed by atoms with van der Waals surface area (Å²) in [5.74, 6) is -0.774. The lowest BCUT2D eigenvalue weighted by atomic mass is 10.2. The molecule has 98 valence electrons. The molecule has 0 heterocycles. The standard InChI is InChI=1S/C11H15ClN4O2/c1-16(5-10(14)17)6-11(18)15-9-3-2-7(12)4-8(9)13/h2-4H,5-6,13H2,1H3,(H2,14,17)(H,15,18). The molecule has 6 nitrogen and oxygen atoms in total. The summed E-state index contributed by atoms with van der Waals surface area (Å²) < 4.78 is 0. The van der Waals surface area contributed by atoms with Gasteiger partial charge in [-0.2, -0.15) is 0 Å². The van der Waals surface area contributed by atoms with Crippen LogP contribution in [0.3, 0.4) is 0 Å². The van der Waals surface area contributed by atoms with Crippen molar-refractivity contribution in [3.8, 4) is 0 Å². The first kappa shape index (κ1) is 14.3. The Hall–Kier alpha value is -1.79. The van der Waals surface area contributed by atoms with E-state index in [9.17, 15) is 9.59 Å². The molecule has 1 rings (SSSR count). The molecule has 0 atom stereocenters. The van der Waals surface area contributed by atoms with Gasteiger partial charge in [0, 0.05) is 5.02 Å². The van der Waals surface area contributed by atoms with Gasteiger partial charge in [-0.25, -0.2) is 0 Å². The van der Waals surface area contributed by atoms with Gasteiger partial charge < -0.3 is 16.8 Å². The molecule has 1 aromatic rings. The van der Waals surface area contributed by atoms with E-state index in [0.29, 0.717) is 16.4 Å². The van der Waals surface area contributed by atoms with Crippen LogP contribution in [0.4, 0.5) is 11.4 Å². The van der Waals surface area contributed by atoms with E-state index < -0.39 is 5.91 Å². The number of hydrogen-bond acceptors (Lipinski definition) is 4. The van der Waals surface area contributed by atoms with Gasteiger partial charge in [-0.1, -0.05) is 11.6 Å². The van der Waals surface area contributed by atoms with Crippen molar-refractivity contribution < 1.29 is 9.59 Å². The zero-order valence-electron chi connectivity index (χ0n) is 9.94. The zero-order valence-corrected chi connectivity index (χ0v) is 10.7. The van der Waals surface area contributed by atoms with Crippen LogP contribution in [0.5, 0.6) is 0 Å². The second kappa shape index (κ2) is 6.23. The summed E-state index contributed by atoms with van der Waals surface area (Å²) in [6, 6.07) is 4.79. The maximum Gasteiger partial charge on any atom is 0.238 e. The van der Waals surface area contributed by atoms with Gasteiger partial charge in [0.05, 0.1) is 24.5 Å². The third kappa shape index (κ3) is 4.60. The highest BCUT2D eigenvalue weighted by atomic mass is 35.5. The van der Waals surface area contributed by atoms with E-state index in [1.165, 1.54) is 4.90 Å². The molecule has 2 amide bonds. The van der Waals surface area contributed by atoms with Gasteiger partial charge in [0.2, 0.25) is 11.8 Å². The van der Waals surface area contributed by atoms with Crippen molar-refractivity contribution >= 4 is 34.8 Å². The molecule has 0 saturated carbocycles. The number of nitrogen functional groups attached to an aromatic ring is 1. The minimum Gasteiger partial charge on any atom is -0.397 e. The van der Waals surface area contributed by atoms with E-state index in [4.69, 9.17) is 23.1 Å². The topological polar surface area (TPSA) is 101 Å². The number of likely N-dealkylation sites (N-methyl/N-ethyl adjacent to an activating group) is 1. The molecule has 0 aliphatic heterocycles. The molecule has 0 unspecified atom stereocenters. The van der Waals surface area contributed by atoms with Gasteiger partial charge in [-0.3, -0.25) is 14.5 Å². The Labute approximate surface area is 110 Å². The van der Waals surface area contributed by atoms with Gasteiger partial charge >= 0.3 is 0 Å². The lowest BCUT2D eigenvalue weighted by Crippen LogP contribution is -2.36. The highest BCUT2D eigenvalue weighted by molar-refractivity contribution is 6.31. The minimum atomic E-state index is -0.490. The van der Waals surface area contributed by atoms with Gasteiger partial charge in [0.25, 0.3) is 0 Å². The average Bonchev–Trinajstić information content (AvgIpc) is 2.20. The number of carbonyl (C=O) groups excluding carboxylic acids is 2. The molecule has 0 aliphatic rings. The molecule has 0 radical (unpaired) electrons. The quantitative estimate of drug-likeness (QED) is 0.669. The first-order valence-electron chi connectivity index (χ1n) is 5.20. The van der Waals surface area contributed by atoms with Crippen LogP contribution in [0.15, 0.2) is 18.2 Å². The number of carbonyl (C=O) groups is 2. The van der Waals surface area contributed by atoms with Crippen molar-refractivity contribution in [2.75, 3.05) is 31.2 Å². The van der Waals surface area contributed by atoms with Crippen LogP contribution in [-0.4, -0.2) is 36.9 Å². The molecule has 1 aromatic carbocycles. The normalized spacial score (nSPS) is 10.4. The number of primary amides is 1. The smallest absolute Gasteiger partial charge is 0.238 e. The Morgan fingerprint density at radius 1 is 1.39 bits per heavy atom.